The van der Waals surface area contributed by atoms with Gasteiger partial charge in [0, 0.05) is 19.7 Å². The standard InChI is InChI=1S/C20H22N4O3S/c1-12(2)27-17-8-6-14(28(4,25)26)10-15(17)22-18-9-13-5-7-16-20(19(13)23-18)21-11-24(16)3/h5-8,10-12H,9H2,1-4H3,(H,22,23). The van der Waals surface area contributed by atoms with Crippen molar-refractivity contribution in [2.45, 2.75) is 31.3 Å². The Morgan fingerprint density at radius 3 is 2.71 bits per heavy atom. The van der Waals surface area contributed by atoms with Crippen molar-refractivity contribution >= 4 is 38.1 Å². The molecule has 0 atom stereocenters. The Labute approximate surface area is 164 Å². The van der Waals surface area contributed by atoms with Crippen LogP contribution in [0.3, 0.4) is 0 Å². The van der Waals surface area contributed by atoms with E-state index in [1.54, 1.807) is 24.5 Å². The third kappa shape index (κ3) is 3.35. The molecule has 0 radical (unpaired) electrons. The lowest BCUT2D eigenvalue weighted by Gasteiger charge is -2.16. The summed E-state index contributed by atoms with van der Waals surface area (Å²) in [5.74, 6) is 1.32. The van der Waals surface area contributed by atoms with E-state index in [4.69, 9.17) is 9.73 Å². The molecule has 8 heteroatoms. The fourth-order valence-corrected chi connectivity index (χ4v) is 3.92. The fraction of sp³-hybridized carbons (Fsp3) is 0.300. The van der Waals surface area contributed by atoms with E-state index in [9.17, 15) is 8.42 Å². The number of aromatic nitrogens is 2. The van der Waals surface area contributed by atoms with Gasteiger partial charge in [-0.15, -0.1) is 0 Å². The van der Waals surface area contributed by atoms with Crippen molar-refractivity contribution in [3.8, 4) is 5.75 Å². The molecular formula is C20H22N4O3S. The molecule has 0 spiro atoms. The second-order valence-electron chi connectivity index (χ2n) is 7.25. The van der Waals surface area contributed by atoms with E-state index < -0.39 is 9.84 Å². The van der Waals surface area contributed by atoms with Crippen LogP contribution in [-0.2, 0) is 23.3 Å². The molecule has 0 amide bonds. The molecule has 2 aromatic carbocycles. The van der Waals surface area contributed by atoms with Crippen molar-refractivity contribution in [1.29, 1.82) is 0 Å². The number of hydrogen-bond donors (Lipinski definition) is 1. The van der Waals surface area contributed by atoms with Crippen LogP contribution >= 0.6 is 0 Å². The molecule has 2 heterocycles. The van der Waals surface area contributed by atoms with Crippen LogP contribution in [-0.4, -0.2) is 36.2 Å². The second-order valence-corrected chi connectivity index (χ2v) is 9.27. The lowest BCUT2D eigenvalue weighted by atomic mass is 10.1. The van der Waals surface area contributed by atoms with E-state index in [2.05, 4.69) is 16.4 Å². The predicted octanol–water partition coefficient (Wildman–Crippen LogP) is 3.46. The zero-order valence-electron chi connectivity index (χ0n) is 16.2. The molecule has 0 aliphatic carbocycles. The summed E-state index contributed by atoms with van der Waals surface area (Å²) in [6.07, 6.45) is 3.54. The number of amidine groups is 1. The van der Waals surface area contributed by atoms with E-state index >= 15 is 0 Å². The Bertz CT molecular complexity index is 1210. The Morgan fingerprint density at radius 1 is 1.21 bits per heavy atom. The third-order valence-corrected chi connectivity index (χ3v) is 5.69. The second kappa shape index (κ2) is 6.63. The van der Waals surface area contributed by atoms with Crippen LogP contribution in [0.15, 0.2) is 46.5 Å². The molecular weight excluding hydrogens is 376 g/mol. The van der Waals surface area contributed by atoms with Gasteiger partial charge in [0.2, 0.25) is 0 Å². The summed E-state index contributed by atoms with van der Waals surface area (Å²) < 4.78 is 31.8. The van der Waals surface area contributed by atoms with Crippen molar-refractivity contribution < 1.29 is 13.2 Å². The van der Waals surface area contributed by atoms with Gasteiger partial charge in [-0.25, -0.2) is 18.4 Å². The lowest BCUT2D eigenvalue weighted by molar-refractivity contribution is 0.243. The highest BCUT2D eigenvalue weighted by Crippen LogP contribution is 2.35. The van der Waals surface area contributed by atoms with Gasteiger partial charge in [-0.1, -0.05) is 6.07 Å². The first-order valence-corrected chi connectivity index (χ1v) is 10.9. The molecule has 1 aliphatic heterocycles. The molecule has 4 rings (SSSR count). The number of fused-ring (bicyclic) bond motifs is 3. The van der Waals surface area contributed by atoms with Crippen LogP contribution in [0.25, 0.3) is 11.0 Å². The molecule has 0 saturated carbocycles. The van der Waals surface area contributed by atoms with Crippen molar-refractivity contribution in [3.05, 3.63) is 42.2 Å². The number of nitrogens with one attached hydrogen (secondary N) is 1. The first kappa shape index (κ1) is 18.5. The zero-order chi connectivity index (χ0) is 20.1. The average molecular weight is 398 g/mol. The number of imidazole rings is 1. The normalized spacial score (nSPS) is 13.7. The van der Waals surface area contributed by atoms with Gasteiger partial charge in [0.15, 0.2) is 9.84 Å². The summed E-state index contributed by atoms with van der Waals surface area (Å²) >= 11 is 0. The van der Waals surface area contributed by atoms with Crippen LogP contribution in [0.1, 0.15) is 19.4 Å². The largest absolute Gasteiger partial charge is 0.489 e. The van der Waals surface area contributed by atoms with Gasteiger partial charge in [0.1, 0.15) is 17.1 Å². The van der Waals surface area contributed by atoms with Gasteiger partial charge in [-0.05, 0) is 43.7 Å². The number of hydrogen-bond acceptors (Lipinski definition) is 6. The van der Waals surface area contributed by atoms with Gasteiger partial charge in [-0.3, -0.25) is 0 Å². The van der Waals surface area contributed by atoms with E-state index in [1.165, 1.54) is 6.26 Å². The predicted molar refractivity (Wildman–Crippen MR) is 110 cm³/mol. The Kier molecular flexibility index (Phi) is 4.38. The highest BCUT2D eigenvalue weighted by atomic mass is 32.2. The van der Waals surface area contributed by atoms with Crippen molar-refractivity contribution in [3.63, 3.8) is 0 Å². The van der Waals surface area contributed by atoms with Crippen molar-refractivity contribution in [2.24, 2.45) is 12.0 Å². The first-order chi connectivity index (χ1) is 13.2. The molecule has 146 valence electrons. The number of anilines is 1. The minimum Gasteiger partial charge on any atom is -0.489 e. The highest BCUT2D eigenvalue weighted by Gasteiger charge is 2.21. The van der Waals surface area contributed by atoms with Gasteiger partial charge < -0.3 is 14.6 Å². The van der Waals surface area contributed by atoms with Gasteiger partial charge >= 0.3 is 0 Å². The first-order valence-electron chi connectivity index (χ1n) is 9.00. The third-order valence-electron chi connectivity index (χ3n) is 4.58. The minimum absolute atomic E-state index is 0.0412. The minimum atomic E-state index is -3.33. The van der Waals surface area contributed by atoms with Gasteiger partial charge in [0.05, 0.1) is 34.2 Å². The quantitative estimate of drug-likeness (QED) is 0.727. The summed E-state index contributed by atoms with van der Waals surface area (Å²) in [5, 5.41) is 3.27. The molecule has 0 bridgehead atoms. The maximum Gasteiger partial charge on any atom is 0.175 e. The Morgan fingerprint density at radius 2 is 2.00 bits per heavy atom. The SMILES string of the molecule is CC(C)Oc1ccc(S(C)(=O)=O)cc1NC1=Nc2c(ccc3c2ncn3C)C1. The summed E-state index contributed by atoms with van der Waals surface area (Å²) in [6, 6.07) is 8.92. The maximum absolute atomic E-state index is 12.0. The summed E-state index contributed by atoms with van der Waals surface area (Å²) in [7, 11) is -1.38. The fourth-order valence-electron chi connectivity index (χ4n) is 3.27. The summed E-state index contributed by atoms with van der Waals surface area (Å²) in [5.41, 5.74) is 4.40. The molecule has 3 aromatic rings. The van der Waals surface area contributed by atoms with E-state index in [0.29, 0.717) is 17.9 Å². The van der Waals surface area contributed by atoms with Crippen LogP contribution in [0, 0.1) is 0 Å². The van der Waals surface area contributed by atoms with Crippen LogP contribution in [0.4, 0.5) is 11.4 Å². The van der Waals surface area contributed by atoms with Crippen LogP contribution < -0.4 is 10.1 Å². The molecule has 1 aromatic heterocycles. The number of rotatable bonds is 4. The number of benzene rings is 2. The van der Waals surface area contributed by atoms with Gasteiger partial charge in [0.25, 0.3) is 0 Å². The Hall–Kier alpha value is -2.87. The number of nitrogens with zero attached hydrogens (tertiary/aromatic N) is 3. The summed E-state index contributed by atoms with van der Waals surface area (Å²) in [4.78, 5) is 9.41. The Balaban J connectivity index is 1.72. The monoisotopic (exact) mass is 398 g/mol. The van der Waals surface area contributed by atoms with Crippen molar-refractivity contribution in [1.82, 2.24) is 9.55 Å². The summed E-state index contributed by atoms with van der Waals surface area (Å²) in [6.45, 7) is 3.85. The topological polar surface area (TPSA) is 85.6 Å². The maximum atomic E-state index is 12.0. The van der Waals surface area contributed by atoms with Gasteiger partial charge in [-0.2, -0.15) is 0 Å². The molecule has 28 heavy (non-hydrogen) atoms. The molecule has 0 unspecified atom stereocenters. The molecule has 0 saturated heterocycles. The van der Waals surface area contributed by atoms with Crippen LogP contribution in [0.2, 0.25) is 0 Å². The number of aryl methyl sites for hydroxylation is 1. The van der Waals surface area contributed by atoms with Crippen LogP contribution in [0.5, 0.6) is 5.75 Å². The lowest BCUT2D eigenvalue weighted by Crippen LogP contribution is -2.15. The zero-order valence-corrected chi connectivity index (χ0v) is 17.0. The van der Waals surface area contributed by atoms with E-state index in [1.807, 2.05) is 31.5 Å². The van der Waals surface area contributed by atoms with E-state index in [-0.39, 0.29) is 11.0 Å². The van der Waals surface area contributed by atoms with E-state index in [0.717, 1.165) is 28.1 Å². The smallest absolute Gasteiger partial charge is 0.175 e. The molecule has 1 aliphatic rings. The number of sulfone groups is 1. The number of ether oxygens (including phenoxy) is 1. The number of aliphatic imine (C=N–C) groups is 1. The van der Waals surface area contributed by atoms with Crippen molar-refractivity contribution in [2.75, 3.05) is 11.6 Å². The highest BCUT2D eigenvalue weighted by molar-refractivity contribution is 7.90. The molecule has 1 N–H and O–H groups in total. The molecule has 0 fully saturated rings. The average Bonchev–Trinajstić information content (AvgIpc) is 3.18. The molecule has 7 nitrogen and oxygen atoms in total.